The van der Waals surface area contributed by atoms with Crippen molar-refractivity contribution in [3.05, 3.63) is 35.9 Å². The van der Waals surface area contributed by atoms with Crippen LogP contribution in [0.3, 0.4) is 0 Å². The van der Waals surface area contributed by atoms with Crippen molar-refractivity contribution in [2.45, 2.75) is 32.7 Å². The number of aromatic nitrogens is 3. The molecule has 0 aliphatic heterocycles. The summed E-state index contributed by atoms with van der Waals surface area (Å²) in [5.41, 5.74) is 7.16. The highest BCUT2D eigenvalue weighted by atomic mass is 16.5. The smallest absolute Gasteiger partial charge is 0.242 e. The zero-order valence-corrected chi connectivity index (χ0v) is 12.8. The number of nitrogens with one attached hydrogen (secondary N) is 1. The van der Waals surface area contributed by atoms with E-state index < -0.39 is 0 Å². The van der Waals surface area contributed by atoms with E-state index in [2.05, 4.69) is 20.3 Å². The van der Waals surface area contributed by atoms with Crippen molar-refractivity contribution in [2.24, 2.45) is 0 Å². The number of hydrogen-bond donors (Lipinski definition) is 2. The molecule has 0 fully saturated rings. The van der Waals surface area contributed by atoms with Gasteiger partial charge in [-0.25, -0.2) is 4.98 Å². The fourth-order valence-electron chi connectivity index (χ4n) is 1.75. The Labute approximate surface area is 124 Å². The highest BCUT2D eigenvalue weighted by Gasteiger charge is 2.22. The molecule has 0 atom stereocenters. The van der Waals surface area contributed by atoms with E-state index in [1.807, 2.05) is 39.0 Å². The van der Waals surface area contributed by atoms with Gasteiger partial charge in [0.25, 0.3) is 0 Å². The van der Waals surface area contributed by atoms with Crippen LogP contribution in [-0.4, -0.2) is 22.1 Å². The van der Waals surface area contributed by atoms with E-state index >= 15 is 0 Å². The molecule has 0 aliphatic carbocycles. The van der Waals surface area contributed by atoms with Crippen molar-refractivity contribution in [1.29, 1.82) is 0 Å². The van der Waals surface area contributed by atoms with Gasteiger partial charge in [-0.1, -0.05) is 26.8 Å². The maximum atomic E-state index is 6.04. The van der Waals surface area contributed by atoms with Gasteiger partial charge in [0.15, 0.2) is 5.82 Å². The molecule has 3 N–H and O–H groups in total. The van der Waals surface area contributed by atoms with Crippen molar-refractivity contribution >= 4 is 11.5 Å². The maximum absolute atomic E-state index is 6.04. The fourth-order valence-corrected chi connectivity index (χ4v) is 1.75. The van der Waals surface area contributed by atoms with Crippen molar-refractivity contribution in [3.8, 4) is 5.88 Å². The average Bonchev–Trinajstić information content (AvgIpc) is 2.46. The SMILES string of the molecule is COc1nc(C(C)(C)C)nc(NCc2ccccn2)c1N. The molecule has 0 aromatic carbocycles. The Kier molecular flexibility index (Phi) is 4.26. The molecule has 0 saturated carbocycles. The molecule has 0 amide bonds. The molecule has 0 saturated heterocycles. The Balaban J connectivity index is 2.29. The summed E-state index contributed by atoms with van der Waals surface area (Å²) in [6.45, 7) is 6.66. The molecule has 2 heterocycles. The predicted molar refractivity (Wildman–Crippen MR) is 83.3 cm³/mol. The molecule has 0 bridgehead atoms. The first-order chi connectivity index (χ1) is 9.91. The maximum Gasteiger partial charge on any atom is 0.242 e. The zero-order chi connectivity index (χ0) is 15.5. The fraction of sp³-hybridized carbons (Fsp3) is 0.400. The Bertz CT molecular complexity index is 607. The van der Waals surface area contributed by atoms with Crippen LogP contribution in [0.5, 0.6) is 5.88 Å². The second kappa shape index (κ2) is 5.95. The van der Waals surface area contributed by atoms with E-state index in [0.29, 0.717) is 29.8 Å². The Morgan fingerprint density at radius 2 is 2.00 bits per heavy atom. The largest absolute Gasteiger partial charge is 0.479 e. The molecule has 0 unspecified atom stereocenters. The van der Waals surface area contributed by atoms with E-state index in [4.69, 9.17) is 10.5 Å². The first-order valence-electron chi connectivity index (χ1n) is 6.77. The lowest BCUT2D eigenvalue weighted by atomic mass is 9.96. The van der Waals surface area contributed by atoms with Crippen molar-refractivity contribution in [2.75, 3.05) is 18.2 Å². The third kappa shape index (κ3) is 3.59. The minimum Gasteiger partial charge on any atom is -0.479 e. The van der Waals surface area contributed by atoms with Crippen molar-refractivity contribution in [1.82, 2.24) is 15.0 Å². The highest BCUT2D eigenvalue weighted by Crippen LogP contribution is 2.30. The number of hydrogen-bond acceptors (Lipinski definition) is 6. The van der Waals surface area contributed by atoms with Gasteiger partial charge < -0.3 is 15.8 Å². The van der Waals surface area contributed by atoms with Crippen LogP contribution in [0.2, 0.25) is 0 Å². The Hall–Kier alpha value is -2.37. The molecule has 6 nitrogen and oxygen atoms in total. The molecular weight excluding hydrogens is 266 g/mol. The quantitative estimate of drug-likeness (QED) is 0.898. The summed E-state index contributed by atoms with van der Waals surface area (Å²) in [6, 6.07) is 5.75. The van der Waals surface area contributed by atoms with E-state index in [0.717, 1.165) is 5.69 Å². The molecule has 2 aromatic rings. The Morgan fingerprint density at radius 1 is 1.24 bits per heavy atom. The van der Waals surface area contributed by atoms with Gasteiger partial charge in [-0.2, -0.15) is 4.98 Å². The normalized spacial score (nSPS) is 11.2. The minimum atomic E-state index is -0.192. The average molecular weight is 287 g/mol. The van der Waals surface area contributed by atoms with Crippen LogP contribution in [0, 0.1) is 0 Å². The standard InChI is InChI=1S/C15H21N5O/c1-15(2,3)14-19-12(11(16)13(20-14)21-4)18-9-10-7-5-6-8-17-10/h5-8H,9,16H2,1-4H3,(H,18,19,20). The summed E-state index contributed by atoms with van der Waals surface area (Å²) in [7, 11) is 1.55. The second-order valence-corrected chi connectivity index (χ2v) is 5.74. The number of anilines is 2. The van der Waals surface area contributed by atoms with Crippen LogP contribution in [0.4, 0.5) is 11.5 Å². The topological polar surface area (TPSA) is 86.0 Å². The Morgan fingerprint density at radius 3 is 2.57 bits per heavy atom. The summed E-state index contributed by atoms with van der Waals surface area (Å²) >= 11 is 0. The van der Waals surface area contributed by atoms with Crippen LogP contribution < -0.4 is 15.8 Å². The van der Waals surface area contributed by atoms with E-state index in [9.17, 15) is 0 Å². The van der Waals surface area contributed by atoms with Gasteiger partial charge in [0, 0.05) is 11.6 Å². The van der Waals surface area contributed by atoms with Crippen LogP contribution in [-0.2, 0) is 12.0 Å². The lowest BCUT2D eigenvalue weighted by molar-refractivity contribution is 0.391. The first-order valence-corrected chi connectivity index (χ1v) is 6.77. The number of rotatable bonds is 4. The molecule has 0 aliphatic rings. The first kappa shape index (κ1) is 15.0. The van der Waals surface area contributed by atoms with Gasteiger partial charge in [0.05, 0.1) is 19.3 Å². The summed E-state index contributed by atoms with van der Waals surface area (Å²) in [4.78, 5) is 13.1. The molecule has 0 radical (unpaired) electrons. The lowest BCUT2D eigenvalue weighted by Gasteiger charge is -2.20. The van der Waals surface area contributed by atoms with E-state index in [1.54, 1.807) is 13.3 Å². The number of ether oxygens (including phenoxy) is 1. The number of nitrogens with two attached hydrogens (primary N) is 1. The number of pyridine rings is 1. The van der Waals surface area contributed by atoms with Crippen LogP contribution in [0.1, 0.15) is 32.3 Å². The molecule has 2 rings (SSSR count). The molecule has 21 heavy (non-hydrogen) atoms. The molecule has 0 spiro atoms. The number of nitrogens with zero attached hydrogens (tertiary/aromatic N) is 3. The van der Waals surface area contributed by atoms with Crippen LogP contribution in [0.25, 0.3) is 0 Å². The highest BCUT2D eigenvalue weighted by molar-refractivity contribution is 5.67. The third-order valence-corrected chi connectivity index (χ3v) is 2.94. The van der Waals surface area contributed by atoms with Crippen molar-refractivity contribution < 1.29 is 4.74 Å². The summed E-state index contributed by atoms with van der Waals surface area (Å²) < 4.78 is 5.24. The molecular formula is C15H21N5O. The van der Waals surface area contributed by atoms with Gasteiger partial charge in [-0.05, 0) is 12.1 Å². The second-order valence-electron chi connectivity index (χ2n) is 5.74. The van der Waals surface area contributed by atoms with Crippen LogP contribution >= 0.6 is 0 Å². The van der Waals surface area contributed by atoms with Gasteiger partial charge in [-0.3, -0.25) is 4.98 Å². The summed E-state index contributed by atoms with van der Waals surface area (Å²) in [5, 5.41) is 3.20. The molecule has 6 heteroatoms. The van der Waals surface area contributed by atoms with Gasteiger partial charge in [0.1, 0.15) is 11.5 Å². The molecule has 2 aromatic heterocycles. The van der Waals surface area contributed by atoms with Crippen molar-refractivity contribution in [3.63, 3.8) is 0 Å². The third-order valence-electron chi connectivity index (χ3n) is 2.94. The zero-order valence-electron chi connectivity index (χ0n) is 12.8. The van der Waals surface area contributed by atoms with Gasteiger partial charge >= 0.3 is 0 Å². The predicted octanol–water partition coefficient (Wildman–Crippen LogP) is 2.37. The monoisotopic (exact) mass is 287 g/mol. The molecule has 112 valence electrons. The van der Waals surface area contributed by atoms with Gasteiger partial charge in [0.2, 0.25) is 5.88 Å². The van der Waals surface area contributed by atoms with E-state index in [1.165, 1.54) is 0 Å². The van der Waals surface area contributed by atoms with Crippen LogP contribution in [0.15, 0.2) is 24.4 Å². The minimum absolute atomic E-state index is 0.192. The lowest BCUT2D eigenvalue weighted by Crippen LogP contribution is -2.19. The number of nitrogen functional groups attached to an aromatic ring is 1. The summed E-state index contributed by atoms with van der Waals surface area (Å²) in [5.74, 6) is 1.63. The van der Waals surface area contributed by atoms with E-state index in [-0.39, 0.29) is 5.41 Å². The van der Waals surface area contributed by atoms with Gasteiger partial charge in [-0.15, -0.1) is 0 Å². The number of methoxy groups -OCH3 is 1. The summed E-state index contributed by atoms with van der Waals surface area (Å²) in [6.07, 6.45) is 1.75.